The summed E-state index contributed by atoms with van der Waals surface area (Å²) >= 11 is 0. The lowest BCUT2D eigenvalue weighted by atomic mass is 9.98. The van der Waals surface area contributed by atoms with Crippen molar-refractivity contribution in [3.8, 4) is 0 Å². The van der Waals surface area contributed by atoms with E-state index in [0.29, 0.717) is 12.3 Å². The summed E-state index contributed by atoms with van der Waals surface area (Å²) in [5.74, 6) is 1.48. The van der Waals surface area contributed by atoms with Gasteiger partial charge in [0.25, 0.3) is 0 Å². The molecule has 0 fully saturated rings. The van der Waals surface area contributed by atoms with Crippen LogP contribution in [0.1, 0.15) is 44.7 Å². The third-order valence-electron chi connectivity index (χ3n) is 3.03. The Morgan fingerprint density at radius 1 is 1.31 bits per heavy atom. The van der Waals surface area contributed by atoms with Gasteiger partial charge in [-0.05, 0) is 31.4 Å². The summed E-state index contributed by atoms with van der Waals surface area (Å²) in [4.78, 5) is 18.1. The molecule has 2 rings (SSSR count). The molecule has 86 valence electrons. The quantitative estimate of drug-likeness (QED) is 0.764. The van der Waals surface area contributed by atoms with Crippen LogP contribution >= 0.6 is 0 Å². The van der Waals surface area contributed by atoms with Gasteiger partial charge < -0.3 is 0 Å². The Bertz CT molecular complexity index is 424. The summed E-state index contributed by atoms with van der Waals surface area (Å²) in [6.07, 6.45) is 2.32. The van der Waals surface area contributed by atoms with Crippen molar-refractivity contribution >= 4 is 11.7 Å². The minimum Gasteiger partial charge on any atom is -0.294 e. The van der Waals surface area contributed by atoms with Crippen molar-refractivity contribution in [2.75, 3.05) is 4.90 Å². The molecule has 1 amide bonds. The maximum Gasteiger partial charge on any atom is 0.232 e. The maximum absolute atomic E-state index is 11.9. The van der Waals surface area contributed by atoms with E-state index in [9.17, 15) is 4.79 Å². The number of nitrogens with zero attached hydrogens (tertiary/aromatic N) is 2. The number of carbonyl (C=O) groups is 1. The highest BCUT2D eigenvalue weighted by molar-refractivity contribution is 6.01. The Balaban J connectivity index is 2.53. The van der Waals surface area contributed by atoms with E-state index in [1.807, 2.05) is 26.1 Å². The smallest absolute Gasteiger partial charge is 0.232 e. The van der Waals surface area contributed by atoms with Crippen molar-refractivity contribution in [1.29, 1.82) is 0 Å². The van der Waals surface area contributed by atoms with Gasteiger partial charge in [-0.1, -0.05) is 13.8 Å². The van der Waals surface area contributed by atoms with Gasteiger partial charge in [-0.3, -0.25) is 9.69 Å². The molecule has 1 aromatic rings. The zero-order chi connectivity index (χ0) is 11.9. The topological polar surface area (TPSA) is 33.2 Å². The molecular formula is C13H18N2O. The Hall–Kier alpha value is -1.38. The van der Waals surface area contributed by atoms with Crippen LogP contribution in [0.5, 0.6) is 0 Å². The number of rotatable bonds is 2. The summed E-state index contributed by atoms with van der Waals surface area (Å²) in [6, 6.07) is 2.21. The highest BCUT2D eigenvalue weighted by Crippen LogP contribution is 2.33. The van der Waals surface area contributed by atoms with Gasteiger partial charge in [-0.25, -0.2) is 4.98 Å². The SMILES string of the molecule is CC(C)c1ccnc2c1CC(=O)N2C(C)C. The minimum atomic E-state index is 0.172. The van der Waals surface area contributed by atoms with E-state index < -0.39 is 0 Å². The third kappa shape index (κ3) is 1.60. The Morgan fingerprint density at radius 2 is 2.00 bits per heavy atom. The lowest BCUT2D eigenvalue weighted by Crippen LogP contribution is -2.33. The fourth-order valence-corrected chi connectivity index (χ4v) is 2.31. The van der Waals surface area contributed by atoms with E-state index >= 15 is 0 Å². The second kappa shape index (κ2) is 3.89. The molecule has 1 aliphatic heterocycles. The molecule has 0 bridgehead atoms. The number of carbonyl (C=O) groups excluding carboxylic acids is 1. The van der Waals surface area contributed by atoms with Crippen molar-refractivity contribution in [1.82, 2.24) is 4.98 Å². The van der Waals surface area contributed by atoms with E-state index in [0.717, 1.165) is 11.4 Å². The molecule has 0 saturated carbocycles. The number of hydrogen-bond donors (Lipinski definition) is 0. The summed E-state index contributed by atoms with van der Waals surface area (Å²) in [6.45, 7) is 8.35. The van der Waals surface area contributed by atoms with Crippen LogP contribution in [0.25, 0.3) is 0 Å². The maximum atomic E-state index is 11.9. The molecule has 0 spiro atoms. The normalized spacial score (nSPS) is 15.1. The molecule has 0 aromatic carbocycles. The van der Waals surface area contributed by atoms with E-state index in [1.165, 1.54) is 5.56 Å². The van der Waals surface area contributed by atoms with E-state index in [-0.39, 0.29) is 11.9 Å². The first-order valence-electron chi connectivity index (χ1n) is 5.82. The summed E-state index contributed by atoms with van der Waals surface area (Å²) < 4.78 is 0. The molecule has 0 aliphatic carbocycles. The lowest BCUT2D eigenvalue weighted by molar-refractivity contribution is -0.117. The monoisotopic (exact) mass is 218 g/mol. The van der Waals surface area contributed by atoms with Gasteiger partial charge in [-0.2, -0.15) is 0 Å². The molecule has 0 N–H and O–H groups in total. The zero-order valence-corrected chi connectivity index (χ0v) is 10.3. The van der Waals surface area contributed by atoms with Gasteiger partial charge in [-0.15, -0.1) is 0 Å². The van der Waals surface area contributed by atoms with Crippen LogP contribution in [0, 0.1) is 0 Å². The molecular weight excluding hydrogens is 200 g/mol. The highest BCUT2D eigenvalue weighted by Gasteiger charge is 2.32. The van der Waals surface area contributed by atoms with Crippen LogP contribution in [0.4, 0.5) is 5.82 Å². The number of pyridine rings is 1. The zero-order valence-electron chi connectivity index (χ0n) is 10.3. The van der Waals surface area contributed by atoms with Gasteiger partial charge in [0.2, 0.25) is 5.91 Å². The van der Waals surface area contributed by atoms with Gasteiger partial charge >= 0.3 is 0 Å². The molecule has 1 aromatic heterocycles. The fraction of sp³-hybridized carbons (Fsp3) is 0.538. The molecule has 1 aliphatic rings. The second-order valence-electron chi connectivity index (χ2n) is 4.89. The van der Waals surface area contributed by atoms with Crippen LogP contribution in [-0.2, 0) is 11.2 Å². The summed E-state index contributed by atoms with van der Waals surface area (Å²) in [7, 11) is 0. The number of fused-ring (bicyclic) bond motifs is 1. The second-order valence-corrected chi connectivity index (χ2v) is 4.89. The molecule has 0 unspecified atom stereocenters. The standard InChI is InChI=1S/C13H18N2O/c1-8(2)10-5-6-14-13-11(10)7-12(16)15(13)9(3)4/h5-6,8-9H,7H2,1-4H3. The average Bonchev–Trinajstić information content (AvgIpc) is 2.52. The molecule has 0 saturated heterocycles. The molecule has 16 heavy (non-hydrogen) atoms. The molecule has 3 nitrogen and oxygen atoms in total. The van der Waals surface area contributed by atoms with Crippen LogP contribution in [-0.4, -0.2) is 16.9 Å². The third-order valence-corrected chi connectivity index (χ3v) is 3.03. The lowest BCUT2D eigenvalue weighted by Gasteiger charge is -2.21. The van der Waals surface area contributed by atoms with Crippen molar-refractivity contribution in [3.05, 3.63) is 23.4 Å². The number of amides is 1. The van der Waals surface area contributed by atoms with E-state index in [4.69, 9.17) is 0 Å². The first-order valence-corrected chi connectivity index (χ1v) is 5.82. The van der Waals surface area contributed by atoms with E-state index in [1.54, 1.807) is 4.90 Å². The predicted octanol–water partition coefficient (Wildman–Crippen LogP) is 2.50. The van der Waals surface area contributed by atoms with Gasteiger partial charge in [0.15, 0.2) is 0 Å². The largest absolute Gasteiger partial charge is 0.294 e. The molecule has 0 atom stereocenters. The van der Waals surface area contributed by atoms with E-state index in [2.05, 4.69) is 18.8 Å². The molecule has 2 heterocycles. The Kier molecular flexibility index (Phi) is 2.70. The summed E-state index contributed by atoms with van der Waals surface area (Å²) in [5, 5.41) is 0. The van der Waals surface area contributed by atoms with Crippen LogP contribution in [0.2, 0.25) is 0 Å². The number of hydrogen-bond acceptors (Lipinski definition) is 2. The van der Waals surface area contributed by atoms with Crippen molar-refractivity contribution in [2.45, 2.75) is 46.1 Å². The fourth-order valence-electron chi connectivity index (χ4n) is 2.31. The van der Waals surface area contributed by atoms with Crippen LogP contribution < -0.4 is 4.90 Å². The number of anilines is 1. The van der Waals surface area contributed by atoms with Gasteiger partial charge in [0.1, 0.15) is 5.82 Å². The van der Waals surface area contributed by atoms with Crippen molar-refractivity contribution in [3.63, 3.8) is 0 Å². The van der Waals surface area contributed by atoms with Gasteiger partial charge in [0, 0.05) is 17.8 Å². The van der Waals surface area contributed by atoms with Gasteiger partial charge in [0.05, 0.1) is 6.42 Å². The first kappa shape index (κ1) is 11.1. The van der Waals surface area contributed by atoms with Crippen LogP contribution in [0.15, 0.2) is 12.3 Å². The average molecular weight is 218 g/mol. The van der Waals surface area contributed by atoms with Crippen LogP contribution in [0.3, 0.4) is 0 Å². The Labute approximate surface area is 96.5 Å². The highest BCUT2D eigenvalue weighted by atomic mass is 16.2. The molecule has 0 radical (unpaired) electrons. The van der Waals surface area contributed by atoms with Crippen molar-refractivity contribution < 1.29 is 4.79 Å². The molecule has 3 heteroatoms. The Morgan fingerprint density at radius 3 is 2.56 bits per heavy atom. The minimum absolute atomic E-state index is 0.172. The predicted molar refractivity (Wildman–Crippen MR) is 64.7 cm³/mol. The number of aromatic nitrogens is 1. The first-order chi connectivity index (χ1) is 7.52. The van der Waals surface area contributed by atoms with Crippen molar-refractivity contribution in [2.24, 2.45) is 0 Å². The summed E-state index contributed by atoms with van der Waals surface area (Å²) in [5.41, 5.74) is 2.37.